The summed E-state index contributed by atoms with van der Waals surface area (Å²) in [5.74, 6) is 1.89. The van der Waals surface area contributed by atoms with Crippen molar-refractivity contribution in [2.24, 2.45) is 0 Å². The van der Waals surface area contributed by atoms with Gasteiger partial charge >= 0.3 is 0 Å². The van der Waals surface area contributed by atoms with Crippen LogP contribution >= 0.6 is 0 Å². The molecule has 0 atom stereocenters. The highest BCUT2D eigenvalue weighted by Crippen LogP contribution is 2.50. The highest BCUT2D eigenvalue weighted by Gasteiger charge is 2.35. The minimum absolute atomic E-state index is 0.0329. The maximum Gasteiger partial charge on any atom is 0.166 e. The molecule has 0 bridgehead atoms. The van der Waals surface area contributed by atoms with Crippen molar-refractivity contribution in [2.75, 3.05) is 0 Å². The van der Waals surface area contributed by atoms with Crippen molar-refractivity contribution in [3.05, 3.63) is 205 Å². The van der Waals surface area contributed by atoms with Gasteiger partial charge in [0.1, 0.15) is 0 Å². The second kappa shape index (κ2) is 13.4. The molecule has 274 valence electrons. The average molecular weight is 743 g/mol. The van der Waals surface area contributed by atoms with Gasteiger partial charge < -0.3 is 4.57 Å². The lowest BCUT2D eigenvalue weighted by molar-refractivity contribution is 0.660. The summed E-state index contributed by atoms with van der Waals surface area (Å²) in [6.45, 7) is 4.67. The molecule has 0 fully saturated rings. The predicted octanol–water partition coefficient (Wildman–Crippen LogP) is 13.6. The third-order valence-corrected chi connectivity index (χ3v) is 11.9. The molecule has 0 saturated carbocycles. The standard InChI is InChI=1S/C54H38N4/c1-54(2)47-24-13-12-21-42(47)45-33-39(29-31-48(45)54)40-30-32-49-46(34-40)43-22-14-23-44(50(43)58(49)41-19-10-5-11-20-41)53-56-51(37-17-8-4-9-18-37)55-52(57-53)38-27-25-36(26-28-38)35-15-6-3-7-16-35/h3-34H,1-2H3. The van der Waals surface area contributed by atoms with E-state index in [0.29, 0.717) is 17.5 Å². The number of benzene rings is 8. The smallest absolute Gasteiger partial charge is 0.166 e. The van der Waals surface area contributed by atoms with E-state index in [9.17, 15) is 0 Å². The molecular weight excluding hydrogens is 705 g/mol. The van der Waals surface area contributed by atoms with Crippen LogP contribution in [0.1, 0.15) is 25.0 Å². The molecule has 0 amide bonds. The molecule has 0 N–H and O–H groups in total. The molecule has 2 aromatic heterocycles. The van der Waals surface area contributed by atoms with Crippen LogP contribution in [-0.4, -0.2) is 19.5 Å². The minimum atomic E-state index is -0.0329. The first-order valence-electron chi connectivity index (χ1n) is 19.9. The summed E-state index contributed by atoms with van der Waals surface area (Å²) < 4.78 is 2.37. The molecule has 0 unspecified atom stereocenters. The van der Waals surface area contributed by atoms with Crippen LogP contribution in [0, 0.1) is 0 Å². The Kier molecular flexibility index (Phi) is 7.80. The summed E-state index contributed by atoms with van der Waals surface area (Å²) in [5, 5.41) is 2.31. The van der Waals surface area contributed by atoms with Gasteiger partial charge in [0.15, 0.2) is 17.5 Å². The fourth-order valence-electron chi connectivity index (χ4n) is 8.96. The SMILES string of the molecule is CC1(C)c2ccccc2-c2cc(-c3ccc4c(c3)c3cccc(-c5nc(-c6ccccc6)nc(-c6ccc(-c7ccccc7)cc6)n5)c3n4-c3ccccc3)ccc21. The molecule has 10 aromatic rings. The largest absolute Gasteiger partial charge is 0.308 e. The summed E-state index contributed by atoms with van der Waals surface area (Å²) in [6.07, 6.45) is 0. The molecule has 2 heterocycles. The summed E-state index contributed by atoms with van der Waals surface area (Å²) in [5.41, 5.74) is 16.2. The van der Waals surface area contributed by atoms with E-state index in [-0.39, 0.29) is 5.41 Å². The van der Waals surface area contributed by atoms with Gasteiger partial charge in [-0.25, -0.2) is 15.0 Å². The van der Waals surface area contributed by atoms with Crippen LogP contribution in [0.25, 0.3) is 95.0 Å². The van der Waals surface area contributed by atoms with Gasteiger partial charge in [-0.05, 0) is 80.9 Å². The molecule has 1 aliphatic rings. The number of para-hydroxylation sites is 2. The highest BCUT2D eigenvalue weighted by molar-refractivity contribution is 6.14. The van der Waals surface area contributed by atoms with Gasteiger partial charge in [0.2, 0.25) is 0 Å². The maximum atomic E-state index is 5.25. The maximum absolute atomic E-state index is 5.25. The molecule has 4 nitrogen and oxygen atoms in total. The number of hydrogen-bond acceptors (Lipinski definition) is 3. The Morgan fingerprint density at radius 2 is 0.879 bits per heavy atom. The summed E-state index contributed by atoms with van der Waals surface area (Å²) >= 11 is 0. The second-order valence-electron chi connectivity index (χ2n) is 15.7. The number of nitrogens with zero attached hydrogens (tertiary/aromatic N) is 4. The van der Waals surface area contributed by atoms with Crippen LogP contribution in [0.15, 0.2) is 194 Å². The predicted molar refractivity (Wildman–Crippen MR) is 239 cm³/mol. The molecule has 11 rings (SSSR count). The van der Waals surface area contributed by atoms with Crippen molar-refractivity contribution < 1.29 is 0 Å². The highest BCUT2D eigenvalue weighted by atomic mass is 15.0. The Bertz CT molecular complexity index is 3160. The number of aromatic nitrogens is 4. The normalized spacial score (nSPS) is 12.8. The molecular formula is C54H38N4. The Morgan fingerprint density at radius 3 is 1.62 bits per heavy atom. The third kappa shape index (κ3) is 5.48. The molecule has 0 radical (unpaired) electrons. The van der Waals surface area contributed by atoms with Gasteiger partial charge in [-0.2, -0.15) is 0 Å². The van der Waals surface area contributed by atoms with Crippen LogP contribution in [0.2, 0.25) is 0 Å². The Balaban J connectivity index is 1.11. The number of hydrogen-bond donors (Lipinski definition) is 0. The first kappa shape index (κ1) is 33.9. The zero-order valence-electron chi connectivity index (χ0n) is 32.3. The first-order valence-corrected chi connectivity index (χ1v) is 19.9. The zero-order valence-corrected chi connectivity index (χ0v) is 32.3. The lowest BCUT2D eigenvalue weighted by Gasteiger charge is -2.21. The van der Waals surface area contributed by atoms with Crippen molar-refractivity contribution in [1.82, 2.24) is 19.5 Å². The van der Waals surface area contributed by atoms with Gasteiger partial charge in [-0.3, -0.25) is 0 Å². The van der Waals surface area contributed by atoms with Crippen molar-refractivity contribution in [2.45, 2.75) is 19.3 Å². The van der Waals surface area contributed by atoms with Crippen LogP contribution in [0.3, 0.4) is 0 Å². The van der Waals surface area contributed by atoms with Crippen LogP contribution < -0.4 is 0 Å². The van der Waals surface area contributed by atoms with Crippen LogP contribution in [0.4, 0.5) is 0 Å². The summed E-state index contributed by atoms with van der Waals surface area (Å²) in [7, 11) is 0. The van der Waals surface area contributed by atoms with E-state index < -0.39 is 0 Å². The first-order chi connectivity index (χ1) is 28.5. The van der Waals surface area contributed by atoms with E-state index >= 15 is 0 Å². The fourth-order valence-corrected chi connectivity index (χ4v) is 8.96. The van der Waals surface area contributed by atoms with Gasteiger partial charge in [0, 0.05) is 38.6 Å². The Morgan fingerprint density at radius 1 is 0.362 bits per heavy atom. The minimum Gasteiger partial charge on any atom is -0.308 e. The van der Waals surface area contributed by atoms with E-state index in [1.54, 1.807) is 0 Å². The third-order valence-electron chi connectivity index (χ3n) is 11.9. The Labute approximate surface area is 337 Å². The molecule has 8 aromatic carbocycles. The fraction of sp³-hybridized carbons (Fsp3) is 0.0556. The van der Waals surface area contributed by atoms with Crippen LogP contribution in [0.5, 0.6) is 0 Å². The van der Waals surface area contributed by atoms with E-state index in [2.05, 4.69) is 188 Å². The zero-order chi connectivity index (χ0) is 38.8. The van der Waals surface area contributed by atoms with Crippen LogP contribution in [-0.2, 0) is 5.41 Å². The van der Waals surface area contributed by atoms with Crippen molar-refractivity contribution >= 4 is 21.8 Å². The summed E-state index contributed by atoms with van der Waals surface area (Å²) in [4.78, 5) is 15.5. The molecule has 0 aliphatic heterocycles. The average Bonchev–Trinajstić information content (AvgIpc) is 3.75. The van der Waals surface area contributed by atoms with Gasteiger partial charge in [0.25, 0.3) is 0 Å². The Hall–Kier alpha value is -7.43. The molecule has 58 heavy (non-hydrogen) atoms. The molecule has 4 heteroatoms. The molecule has 0 spiro atoms. The second-order valence-corrected chi connectivity index (χ2v) is 15.7. The summed E-state index contributed by atoms with van der Waals surface area (Å²) in [6, 6.07) is 69.0. The van der Waals surface area contributed by atoms with E-state index in [1.807, 2.05) is 24.3 Å². The van der Waals surface area contributed by atoms with Gasteiger partial charge in [-0.15, -0.1) is 0 Å². The van der Waals surface area contributed by atoms with Crippen molar-refractivity contribution in [1.29, 1.82) is 0 Å². The van der Waals surface area contributed by atoms with Crippen molar-refractivity contribution in [3.63, 3.8) is 0 Å². The van der Waals surface area contributed by atoms with Gasteiger partial charge in [-0.1, -0.05) is 172 Å². The monoisotopic (exact) mass is 742 g/mol. The lowest BCUT2D eigenvalue weighted by atomic mass is 9.82. The van der Waals surface area contributed by atoms with E-state index in [0.717, 1.165) is 44.4 Å². The number of rotatable bonds is 6. The van der Waals surface area contributed by atoms with Crippen molar-refractivity contribution in [3.8, 4) is 73.2 Å². The molecule has 1 aliphatic carbocycles. The van der Waals surface area contributed by atoms with E-state index in [4.69, 9.17) is 15.0 Å². The molecule has 0 saturated heterocycles. The van der Waals surface area contributed by atoms with E-state index in [1.165, 1.54) is 44.3 Å². The topological polar surface area (TPSA) is 43.6 Å². The lowest BCUT2D eigenvalue weighted by Crippen LogP contribution is -2.14. The quantitative estimate of drug-likeness (QED) is 0.170. The number of fused-ring (bicyclic) bond motifs is 6. The van der Waals surface area contributed by atoms with Gasteiger partial charge in [0.05, 0.1) is 11.0 Å².